The van der Waals surface area contributed by atoms with Gasteiger partial charge in [-0.25, -0.2) is 0 Å². The first kappa shape index (κ1) is 15.8. The van der Waals surface area contributed by atoms with E-state index < -0.39 is 5.60 Å². The second-order valence-electron chi connectivity index (χ2n) is 5.61. The largest absolute Gasteiger partial charge is 0.387 e. The van der Waals surface area contributed by atoms with Gasteiger partial charge in [-0.3, -0.25) is 4.79 Å². The maximum absolute atomic E-state index is 11.8. The molecule has 1 aliphatic rings. The molecule has 0 radical (unpaired) electrons. The zero-order valence-electron chi connectivity index (χ0n) is 11.7. The predicted octanol–water partition coefficient (Wildman–Crippen LogP) is 2.58. The summed E-state index contributed by atoms with van der Waals surface area (Å²) in [6.45, 7) is 4.74. The molecule has 1 aliphatic heterocycles. The molecule has 0 bridgehead atoms. The van der Waals surface area contributed by atoms with Gasteiger partial charge < -0.3 is 10.4 Å². The summed E-state index contributed by atoms with van der Waals surface area (Å²) in [5.41, 5.74) is -0.661. The number of carbonyl (C=O) groups is 1. The van der Waals surface area contributed by atoms with E-state index in [0.717, 1.165) is 24.3 Å². The van der Waals surface area contributed by atoms with Crippen molar-refractivity contribution in [2.45, 2.75) is 58.0 Å². The summed E-state index contributed by atoms with van der Waals surface area (Å²) in [4.78, 5) is 11.8. The van der Waals surface area contributed by atoms with E-state index in [4.69, 9.17) is 0 Å². The van der Waals surface area contributed by atoms with Crippen LogP contribution < -0.4 is 5.32 Å². The third-order valence-corrected chi connectivity index (χ3v) is 4.77. The third kappa shape index (κ3) is 6.10. The van der Waals surface area contributed by atoms with Gasteiger partial charge >= 0.3 is 0 Å². The Labute approximate surface area is 115 Å². The van der Waals surface area contributed by atoms with Crippen LogP contribution in [0.3, 0.4) is 0 Å². The van der Waals surface area contributed by atoms with E-state index in [1.165, 1.54) is 19.3 Å². The Morgan fingerprint density at radius 1 is 1.50 bits per heavy atom. The molecule has 2 atom stereocenters. The molecule has 1 amide bonds. The summed E-state index contributed by atoms with van der Waals surface area (Å²) in [7, 11) is 0. The van der Waals surface area contributed by atoms with Crippen LogP contribution in [-0.2, 0) is 4.79 Å². The summed E-state index contributed by atoms with van der Waals surface area (Å²) in [5, 5.41) is 13.0. The maximum atomic E-state index is 11.8. The number of aliphatic hydroxyl groups is 1. The molecule has 0 aliphatic carbocycles. The van der Waals surface area contributed by atoms with Crippen LogP contribution >= 0.6 is 11.8 Å². The van der Waals surface area contributed by atoms with Gasteiger partial charge in [0, 0.05) is 18.7 Å². The minimum Gasteiger partial charge on any atom is -0.387 e. The Hall–Kier alpha value is -0.220. The van der Waals surface area contributed by atoms with Crippen molar-refractivity contribution in [3.63, 3.8) is 0 Å². The Morgan fingerprint density at radius 3 is 2.89 bits per heavy atom. The summed E-state index contributed by atoms with van der Waals surface area (Å²) in [6, 6.07) is 0. The number of thioether (sulfide) groups is 1. The van der Waals surface area contributed by atoms with E-state index in [-0.39, 0.29) is 5.91 Å². The van der Waals surface area contributed by atoms with Gasteiger partial charge in [0.25, 0.3) is 0 Å². The van der Waals surface area contributed by atoms with Gasteiger partial charge in [-0.15, -0.1) is 0 Å². The fourth-order valence-corrected chi connectivity index (χ4v) is 3.53. The van der Waals surface area contributed by atoms with Crippen LogP contribution in [0, 0.1) is 5.92 Å². The average molecular weight is 273 g/mol. The Morgan fingerprint density at radius 2 is 2.28 bits per heavy atom. The average Bonchev–Trinajstić information content (AvgIpc) is 2.75. The van der Waals surface area contributed by atoms with Gasteiger partial charge in [0.1, 0.15) is 0 Å². The standard InChI is InChI=1S/C14H27NO2S/c1-3-4-5-6-12(2)9-13(16)15-10-14(17)7-8-18-11-14/h12,17H,3-11H2,1-2H3,(H,15,16). The van der Waals surface area contributed by atoms with Crippen LogP contribution in [0.2, 0.25) is 0 Å². The molecule has 1 fully saturated rings. The van der Waals surface area contributed by atoms with Gasteiger partial charge in [-0.1, -0.05) is 39.5 Å². The van der Waals surface area contributed by atoms with Crippen molar-refractivity contribution in [2.24, 2.45) is 5.92 Å². The minimum atomic E-state index is -0.661. The summed E-state index contributed by atoms with van der Waals surface area (Å²) in [5.74, 6) is 2.28. The molecule has 2 N–H and O–H groups in total. The van der Waals surface area contributed by atoms with Crippen LogP contribution in [0.4, 0.5) is 0 Å². The lowest BCUT2D eigenvalue weighted by Gasteiger charge is -2.22. The van der Waals surface area contributed by atoms with Crippen LogP contribution in [-0.4, -0.2) is 34.7 Å². The highest BCUT2D eigenvalue weighted by Gasteiger charge is 2.31. The lowest BCUT2D eigenvalue weighted by atomic mass is 9.99. The van der Waals surface area contributed by atoms with Crippen molar-refractivity contribution in [2.75, 3.05) is 18.1 Å². The molecule has 18 heavy (non-hydrogen) atoms. The van der Waals surface area contributed by atoms with E-state index in [2.05, 4.69) is 19.2 Å². The second kappa shape index (κ2) is 8.05. The fourth-order valence-electron chi connectivity index (χ4n) is 2.23. The highest BCUT2D eigenvalue weighted by molar-refractivity contribution is 7.99. The molecule has 106 valence electrons. The Bertz CT molecular complexity index is 252. The zero-order valence-corrected chi connectivity index (χ0v) is 12.5. The molecular weight excluding hydrogens is 246 g/mol. The van der Waals surface area contributed by atoms with E-state index in [0.29, 0.717) is 18.9 Å². The molecule has 1 saturated heterocycles. The number of hydrogen-bond acceptors (Lipinski definition) is 3. The van der Waals surface area contributed by atoms with Gasteiger partial charge in [0.05, 0.1) is 5.60 Å². The van der Waals surface area contributed by atoms with E-state index in [1.54, 1.807) is 11.8 Å². The van der Waals surface area contributed by atoms with Gasteiger partial charge in [0.15, 0.2) is 0 Å². The molecule has 0 spiro atoms. The number of carbonyl (C=O) groups excluding carboxylic acids is 1. The number of nitrogens with one attached hydrogen (secondary N) is 1. The molecule has 0 aromatic carbocycles. The van der Waals surface area contributed by atoms with Crippen molar-refractivity contribution < 1.29 is 9.90 Å². The van der Waals surface area contributed by atoms with Crippen molar-refractivity contribution in [1.29, 1.82) is 0 Å². The van der Waals surface area contributed by atoms with Crippen LogP contribution in [0.15, 0.2) is 0 Å². The third-order valence-electron chi connectivity index (χ3n) is 3.53. The van der Waals surface area contributed by atoms with Crippen LogP contribution in [0.25, 0.3) is 0 Å². The topological polar surface area (TPSA) is 49.3 Å². The van der Waals surface area contributed by atoms with Gasteiger partial charge in [0.2, 0.25) is 5.91 Å². The highest BCUT2D eigenvalue weighted by atomic mass is 32.2. The predicted molar refractivity (Wildman–Crippen MR) is 77.8 cm³/mol. The molecule has 0 aromatic rings. The summed E-state index contributed by atoms with van der Waals surface area (Å²) >= 11 is 1.76. The first-order valence-electron chi connectivity index (χ1n) is 7.12. The zero-order chi connectivity index (χ0) is 13.4. The lowest BCUT2D eigenvalue weighted by Crippen LogP contribution is -2.43. The quantitative estimate of drug-likeness (QED) is 0.668. The molecule has 0 saturated carbocycles. The highest BCUT2D eigenvalue weighted by Crippen LogP contribution is 2.27. The SMILES string of the molecule is CCCCCC(C)CC(=O)NCC1(O)CCSC1. The molecule has 3 nitrogen and oxygen atoms in total. The van der Waals surface area contributed by atoms with E-state index in [9.17, 15) is 9.90 Å². The normalized spacial score (nSPS) is 25.1. The first-order valence-corrected chi connectivity index (χ1v) is 8.28. The molecule has 1 rings (SSSR count). The van der Waals surface area contributed by atoms with Crippen molar-refractivity contribution in [1.82, 2.24) is 5.32 Å². The molecule has 1 heterocycles. The molecule has 0 aromatic heterocycles. The second-order valence-corrected chi connectivity index (χ2v) is 6.71. The number of hydrogen-bond donors (Lipinski definition) is 2. The molecule has 2 unspecified atom stereocenters. The maximum Gasteiger partial charge on any atom is 0.220 e. The lowest BCUT2D eigenvalue weighted by molar-refractivity contribution is -0.123. The Kier molecular flexibility index (Phi) is 7.08. The van der Waals surface area contributed by atoms with Crippen LogP contribution in [0.1, 0.15) is 52.4 Å². The van der Waals surface area contributed by atoms with Gasteiger partial charge in [-0.2, -0.15) is 11.8 Å². The van der Waals surface area contributed by atoms with Crippen molar-refractivity contribution in [3.8, 4) is 0 Å². The molecule has 4 heteroatoms. The smallest absolute Gasteiger partial charge is 0.220 e. The fraction of sp³-hybridized carbons (Fsp3) is 0.929. The summed E-state index contributed by atoms with van der Waals surface area (Å²) < 4.78 is 0. The molecular formula is C14H27NO2S. The van der Waals surface area contributed by atoms with E-state index >= 15 is 0 Å². The van der Waals surface area contributed by atoms with E-state index in [1.807, 2.05) is 0 Å². The van der Waals surface area contributed by atoms with Crippen molar-refractivity contribution >= 4 is 17.7 Å². The first-order chi connectivity index (χ1) is 8.56. The van der Waals surface area contributed by atoms with Gasteiger partial charge in [-0.05, 0) is 18.1 Å². The number of unbranched alkanes of at least 4 members (excludes halogenated alkanes) is 2. The summed E-state index contributed by atoms with van der Waals surface area (Å²) in [6.07, 6.45) is 6.20. The van der Waals surface area contributed by atoms with Crippen molar-refractivity contribution in [3.05, 3.63) is 0 Å². The minimum absolute atomic E-state index is 0.0873. The number of amides is 1. The van der Waals surface area contributed by atoms with Crippen LogP contribution in [0.5, 0.6) is 0 Å². The number of rotatable bonds is 8. The Balaban J connectivity index is 2.12. The monoisotopic (exact) mass is 273 g/mol.